The number of rotatable bonds is 5. The number of para-hydroxylation sites is 2. The Morgan fingerprint density at radius 2 is 0.939 bits per heavy atom. The Hall–Kier alpha value is -6.58. The van der Waals surface area contributed by atoms with Crippen molar-refractivity contribution in [2.24, 2.45) is 0 Å². The molecule has 10 aromatic rings. The molecule has 3 heteroatoms. The summed E-state index contributed by atoms with van der Waals surface area (Å²) in [7, 11) is 0. The first-order chi connectivity index (χ1) is 24.3. The van der Waals surface area contributed by atoms with Gasteiger partial charge < -0.3 is 13.7 Å². The lowest BCUT2D eigenvalue weighted by molar-refractivity contribution is 0.668. The largest absolute Gasteiger partial charge is 0.456 e. The number of furan rings is 2. The average molecular weight is 628 g/mol. The molecule has 230 valence electrons. The predicted octanol–water partition coefficient (Wildman–Crippen LogP) is 13.4. The average Bonchev–Trinajstić information content (AvgIpc) is 3.74. The summed E-state index contributed by atoms with van der Waals surface area (Å²) in [6.45, 7) is 0. The topological polar surface area (TPSA) is 29.5 Å². The van der Waals surface area contributed by atoms with Crippen LogP contribution in [-0.2, 0) is 0 Å². The third-order valence-corrected chi connectivity index (χ3v) is 9.65. The van der Waals surface area contributed by atoms with E-state index in [-0.39, 0.29) is 0 Å². The Kier molecular flexibility index (Phi) is 6.18. The van der Waals surface area contributed by atoms with Crippen LogP contribution in [0.5, 0.6) is 0 Å². The van der Waals surface area contributed by atoms with Gasteiger partial charge in [-0.15, -0.1) is 0 Å². The first kappa shape index (κ1) is 27.5. The molecule has 49 heavy (non-hydrogen) atoms. The second-order valence-electron chi connectivity index (χ2n) is 12.5. The van der Waals surface area contributed by atoms with Gasteiger partial charge in [-0.25, -0.2) is 0 Å². The van der Waals surface area contributed by atoms with E-state index in [1.54, 1.807) is 0 Å². The van der Waals surface area contributed by atoms with Crippen LogP contribution in [0.15, 0.2) is 185 Å². The van der Waals surface area contributed by atoms with E-state index >= 15 is 0 Å². The van der Waals surface area contributed by atoms with E-state index in [4.69, 9.17) is 8.83 Å². The maximum absolute atomic E-state index is 6.31. The number of nitrogens with zero attached hydrogens (tertiary/aromatic N) is 1. The Morgan fingerprint density at radius 3 is 1.80 bits per heavy atom. The molecule has 0 aliphatic heterocycles. The van der Waals surface area contributed by atoms with Crippen LogP contribution in [-0.4, -0.2) is 0 Å². The molecular formula is C46H29NO2. The maximum atomic E-state index is 6.31. The first-order valence-electron chi connectivity index (χ1n) is 16.6. The third kappa shape index (κ3) is 4.51. The van der Waals surface area contributed by atoms with Crippen molar-refractivity contribution in [2.45, 2.75) is 0 Å². The highest BCUT2D eigenvalue weighted by molar-refractivity contribution is 6.23. The van der Waals surface area contributed by atoms with Gasteiger partial charge in [0.15, 0.2) is 0 Å². The van der Waals surface area contributed by atoms with Gasteiger partial charge in [0, 0.05) is 44.0 Å². The number of hydrogen-bond acceptors (Lipinski definition) is 3. The minimum Gasteiger partial charge on any atom is -0.456 e. The molecule has 0 saturated heterocycles. The SMILES string of the molecule is c1ccc(-c2ccc(N(c3cccc(-c4cccc5ccc6oc7ccccc7c6c45)c3)c3ccc4oc5ccccc5c4c3)cc2)cc1. The summed E-state index contributed by atoms with van der Waals surface area (Å²) < 4.78 is 12.5. The van der Waals surface area contributed by atoms with Gasteiger partial charge in [-0.1, -0.05) is 115 Å². The molecule has 0 aliphatic carbocycles. The molecule has 0 fully saturated rings. The summed E-state index contributed by atoms with van der Waals surface area (Å²) in [5.74, 6) is 0. The molecule has 0 aliphatic rings. The van der Waals surface area contributed by atoms with Crippen LogP contribution < -0.4 is 4.90 Å². The number of anilines is 3. The Balaban J connectivity index is 1.18. The summed E-state index contributed by atoms with van der Waals surface area (Å²) in [6.07, 6.45) is 0. The third-order valence-electron chi connectivity index (χ3n) is 9.65. The van der Waals surface area contributed by atoms with Crippen LogP contribution in [0, 0.1) is 0 Å². The lowest BCUT2D eigenvalue weighted by Crippen LogP contribution is -2.10. The zero-order valence-corrected chi connectivity index (χ0v) is 26.5. The summed E-state index contributed by atoms with van der Waals surface area (Å²) in [6, 6.07) is 62.1. The van der Waals surface area contributed by atoms with E-state index in [9.17, 15) is 0 Å². The Morgan fingerprint density at radius 1 is 0.327 bits per heavy atom. The molecule has 0 amide bonds. The zero-order valence-electron chi connectivity index (χ0n) is 26.5. The molecule has 8 aromatic carbocycles. The molecule has 0 N–H and O–H groups in total. The standard InChI is InChI=1S/C46H29NO2/c1-2-10-30(11-3-1)31-20-23-34(24-21-31)47(36-25-27-43-40(29-36)38-15-4-6-18-41(38)48-43)35-14-8-13-33(28-35)37-17-9-12-32-22-26-44-46(45(32)37)39-16-5-7-19-42(39)49-44/h1-29H. The highest BCUT2D eigenvalue weighted by atomic mass is 16.3. The quantitative estimate of drug-likeness (QED) is 0.190. The van der Waals surface area contributed by atoms with Gasteiger partial charge >= 0.3 is 0 Å². The van der Waals surface area contributed by atoms with Crippen molar-refractivity contribution in [3.8, 4) is 22.3 Å². The van der Waals surface area contributed by atoms with E-state index in [0.29, 0.717) is 0 Å². The lowest BCUT2D eigenvalue weighted by atomic mass is 9.94. The predicted molar refractivity (Wildman–Crippen MR) is 204 cm³/mol. The monoisotopic (exact) mass is 627 g/mol. The Bertz CT molecular complexity index is 2830. The van der Waals surface area contributed by atoms with Crippen LogP contribution in [0.3, 0.4) is 0 Å². The van der Waals surface area contributed by atoms with Crippen molar-refractivity contribution in [3.05, 3.63) is 176 Å². The number of fused-ring (bicyclic) bond motifs is 8. The fourth-order valence-corrected chi connectivity index (χ4v) is 7.38. The first-order valence-corrected chi connectivity index (χ1v) is 16.6. The van der Waals surface area contributed by atoms with E-state index < -0.39 is 0 Å². The molecule has 0 saturated carbocycles. The minimum absolute atomic E-state index is 0.880. The van der Waals surface area contributed by atoms with Crippen molar-refractivity contribution < 1.29 is 8.83 Å². The summed E-state index contributed by atoms with van der Waals surface area (Å²) in [4.78, 5) is 2.34. The molecule has 3 nitrogen and oxygen atoms in total. The van der Waals surface area contributed by atoms with Crippen molar-refractivity contribution in [3.63, 3.8) is 0 Å². The highest BCUT2D eigenvalue weighted by Crippen LogP contribution is 2.43. The molecule has 0 unspecified atom stereocenters. The minimum atomic E-state index is 0.880. The van der Waals surface area contributed by atoms with Gasteiger partial charge in [-0.3, -0.25) is 0 Å². The van der Waals surface area contributed by atoms with Crippen LogP contribution in [0.4, 0.5) is 17.1 Å². The lowest BCUT2D eigenvalue weighted by Gasteiger charge is -2.26. The van der Waals surface area contributed by atoms with Gasteiger partial charge in [-0.05, 0) is 88.3 Å². The number of hydrogen-bond donors (Lipinski definition) is 0. The van der Waals surface area contributed by atoms with E-state index in [0.717, 1.165) is 66.5 Å². The molecule has 10 rings (SSSR count). The second-order valence-corrected chi connectivity index (χ2v) is 12.5. The summed E-state index contributed by atoms with van der Waals surface area (Å²) in [5.41, 5.74) is 11.5. The van der Waals surface area contributed by atoms with Crippen molar-refractivity contribution >= 4 is 71.7 Å². The van der Waals surface area contributed by atoms with Crippen molar-refractivity contribution in [2.75, 3.05) is 4.90 Å². The van der Waals surface area contributed by atoms with E-state index in [1.165, 1.54) is 27.5 Å². The van der Waals surface area contributed by atoms with Gasteiger partial charge in [0.1, 0.15) is 22.3 Å². The smallest absolute Gasteiger partial charge is 0.136 e. The van der Waals surface area contributed by atoms with Crippen LogP contribution in [0.25, 0.3) is 76.9 Å². The molecule has 0 atom stereocenters. The van der Waals surface area contributed by atoms with Crippen LogP contribution in [0.2, 0.25) is 0 Å². The summed E-state index contributed by atoms with van der Waals surface area (Å²) in [5, 5.41) is 6.88. The van der Waals surface area contributed by atoms with E-state index in [2.05, 4.69) is 157 Å². The van der Waals surface area contributed by atoms with Crippen LogP contribution in [0.1, 0.15) is 0 Å². The summed E-state index contributed by atoms with van der Waals surface area (Å²) >= 11 is 0. The fraction of sp³-hybridized carbons (Fsp3) is 0. The number of benzene rings is 8. The second kappa shape index (κ2) is 11.0. The molecule has 0 bridgehead atoms. The Labute approximate surface area is 282 Å². The van der Waals surface area contributed by atoms with Gasteiger partial charge in [0.25, 0.3) is 0 Å². The molecular weight excluding hydrogens is 599 g/mol. The zero-order chi connectivity index (χ0) is 32.3. The molecule has 2 heterocycles. The maximum Gasteiger partial charge on any atom is 0.136 e. The normalized spacial score (nSPS) is 11.7. The fourth-order valence-electron chi connectivity index (χ4n) is 7.38. The van der Waals surface area contributed by atoms with Crippen molar-refractivity contribution in [1.29, 1.82) is 0 Å². The highest BCUT2D eigenvalue weighted by Gasteiger charge is 2.18. The van der Waals surface area contributed by atoms with Crippen LogP contribution >= 0.6 is 0 Å². The van der Waals surface area contributed by atoms with Crippen molar-refractivity contribution in [1.82, 2.24) is 0 Å². The van der Waals surface area contributed by atoms with E-state index in [1.807, 2.05) is 24.3 Å². The molecule has 0 spiro atoms. The van der Waals surface area contributed by atoms with Gasteiger partial charge in [0.2, 0.25) is 0 Å². The molecule has 2 aromatic heterocycles. The molecule has 0 radical (unpaired) electrons. The van der Waals surface area contributed by atoms with Gasteiger partial charge in [-0.2, -0.15) is 0 Å². The van der Waals surface area contributed by atoms with Gasteiger partial charge in [0.05, 0.1) is 0 Å².